The van der Waals surface area contributed by atoms with Gasteiger partial charge >= 0.3 is 0 Å². The summed E-state index contributed by atoms with van der Waals surface area (Å²) >= 11 is 11.9. The van der Waals surface area contributed by atoms with E-state index in [-0.39, 0.29) is 18.4 Å². The van der Waals surface area contributed by atoms with Crippen LogP contribution in [0.1, 0.15) is 24.2 Å². The van der Waals surface area contributed by atoms with E-state index >= 15 is 0 Å². The molecule has 2 N–H and O–H groups in total. The van der Waals surface area contributed by atoms with Gasteiger partial charge in [-0.1, -0.05) is 23.2 Å². The van der Waals surface area contributed by atoms with Gasteiger partial charge in [-0.3, -0.25) is 4.79 Å². The monoisotopic (exact) mass is 409 g/mol. The van der Waals surface area contributed by atoms with Gasteiger partial charge in [0.15, 0.2) is 0 Å². The van der Waals surface area contributed by atoms with Gasteiger partial charge in [-0.05, 0) is 60.9 Å². The maximum absolute atomic E-state index is 12.5. The van der Waals surface area contributed by atoms with Crippen LogP contribution in [0.15, 0.2) is 36.4 Å². The minimum atomic E-state index is -0.897. The highest BCUT2D eigenvalue weighted by molar-refractivity contribution is 6.34. The summed E-state index contributed by atoms with van der Waals surface area (Å²) in [6.45, 7) is 2.86. The standard InChI is InChI=1S/C20H21Cl2NO4/c1-2-26-17-3-4-19-13(8-17)5-14(11-27-19)20(25)23-10-18(24)12-6-15(21)9-16(22)7-12/h3-4,6-9,14,18,24H,2,5,10-11H2,1H3,(H,23,25). The number of hydrogen-bond donors (Lipinski definition) is 2. The van der Waals surface area contributed by atoms with Crippen molar-refractivity contribution in [2.24, 2.45) is 5.92 Å². The van der Waals surface area contributed by atoms with E-state index in [1.165, 1.54) is 0 Å². The molecule has 2 unspecified atom stereocenters. The van der Waals surface area contributed by atoms with Crippen LogP contribution in [0.5, 0.6) is 11.5 Å². The van der Waals surface area contributed by atoms with E-state index < -0.39 is 6.10 Å². The molecule has 2 aromatic carbocycles. The zero-order chi connectivity index (χ0) is 19.4. The number of carbonyl (C=O) groups excluding carboxylic acids is 1. The summed E-state index contributed by atoms with van der Waals surface area (Å²) in [5, 5.41) is 13.9. The molecule has 2 aromatic rings. The lowest BCUT2D eigenvalue weighted by atomic mass is 9.95. The Kier molecular flexibility index (Phi) is 6.47. The Labute approximate surface area is 168 Å². The number of nitrogens with one attached hydrogen (secondary N) is 1. The molecule has 2 atom stereocenters. The molecule has 1 amide bonds. The third-order valence-electron chi connectivity index (χ3n) is 4.36. The number of fused-ring (bicyclic) bond motifs is 1. The van der Waals surface area contributed by atoms with E-state index in [1.54, 1.807) is 18.2 Å². The summed E-state index contributed by atoms with van der Waals surface area (Å²) in [6, 6.07) is 10.5. The molecule has 0 saturated heterocycles. The summed E-state index contributed by atoms with van der Waals surface area (Å²) < 4.78 is 11.2. The molecule has 0 aromatic heterocycles. The molecule has 1 heterocycles. The van der Waals surface area contributed by atoms with Crippen LogP contribution in [0.25, 0.3) is 0 Å². The van der Waals surface area contributed by atoms with Gasteiger partial charge in [0, 0.05) is 16.6 Å². The fraction of sp³-hybridized carbons (Fsp3) is 0.350. The van der Waals surface area contributed by atoms with Gasteiger partial charge in [-0.15, -0.1) is 0 Å². The van der Waals surface area contributed by atoms with Crippen molar-refractivity contribution in [1.82, 2.24) is 5.32 Å². The molecule has 0 spiro atoms. The number of rotatable bonds is 6. The Morgan fingerprint density at radius 1 is 1.30 bits per heavy atom. The average molecular weight is 410 g/mol. The van der Waals surface area contributed by atoms with E-state index in [2.05, 4.69) is 5.32 Å². The fourth-order valence-corrected chi connectivity index (χ4v) is 3.57. The minimum Gasteiger partial charge on any atom is -0.494 e. The lowest BCUT2D eigenvalue weighted by Gasteiger charge is -2.25. The molecule has 0 bridgehead atoms. The molecule has 7 heteroatoms. The highest BCUT2D eigenvalue weighted by Crippen LogP contribution is 2.31. The highest BCUT2D eigenvalue weighted by atomic mass is 35.5. The molecule has 0 saturated carbocycles. The van der Waals surface area contributed by atoms with Crippen LogP contribution >= 0.6 is 23.2 Å². The average Bonchev–Trinajstić information content (AvgIpc) is 2.64. The van der Waals surface area contributed by atoms with Crippen LogP contribution < -0.4 is 14.8 Å². The summed E-state index contributed by atoms with van der Waals surface area (Å²) in [5.41, 5.74) is 1.49. The molecule has 0 aliphatic carbocycles. The van der Waals surface area contributed by atoms with Crippen LogP contribution in [0.4, 0.5) is 0 Å². The second kappa shape index (κ2) is 8.83. The number of aliphatic hydroxyl groups excluding tert-OH is 1. The predicted molar refractivity (Wildman–Crippen MR) is 105 cm³/mol. The third-order valence-corrected chi connectivity index (χ3v) is 4.80. The lowest BCUT2D eigenvalue weighted by Crippen LogP contribution is -2.39. The SMILES string of the molecule is CCOc1ccc2c(c1)CC(C(=O)NCC(O)c1cc(Cl)cc(Cl)c1)CO2. The second-order valence-electron chi connectivity index (χ2n) is 6.38. The predicted octanol–water partition coefficient (Wildman–Crippen LogP) is 3.79. The van der Waals surface area contributed by atoms with E-state index in [0.717, 1.165) is 17.1 Å². The van der Waals surface area contributed by atoms with Crippen molar-refractivity contribution >= 4 is 29.1 Å². The van der Waals surface area contributed by atoms with Gasteiger partial charge < -0.3 is 19.9 Å². The van der Waals surface area contributed by atoms with Crippen molar-refractivity contribution in [2.75, 3.05) is 19.8 Å². The molecule has 27 heavy (non-hydrogen) atoms. The van der Waals surface area contributed by atoms with Crippen LogP contribution in [-0.2, 0) is 11.2 Å². The first kappa shape index (κ1) is 19.8. The van der Waals surface area contributed by atoms with Crippen molar-refractivity contribution in [3.63, 3.8) is 0 Å². The maximum atomic E-state index is 12.5. The van der Waals surface area contributed by atoms with E-state index in [1.807, 2.05) is 25.1 Å². The molecular formula is C20H21Cl2NO4. The van der Waals surface area contributed by atoms with Crippen LogP contribution in [0.2, 0.25) is 10.0 Å². The normalized spacial score (nSPS) is 16.8. The number of benzene rings is 2. The molecule has 144 valence electrons. The summed E-state index contributed by atoms with van der Waals surface area (Å²) in [6.07, 6.45) is -0.340. The quantitative estimate of drug-likeness (QED) is 0.761. The Bertz CT molecular complexity index is 807. The first-order valence-electron chi connectivity index (χ1n) is 8.76. The Morgan fingerprint density at radius 2 is 2.04 bits per heavy atom. The topological polar surface area (TPSA) is 67.8 Å². The largest absolute Gasteiger partial charge is 0.494 e. The zero-order valence-electron chi connectivity index (χ0n) is 14.9. The summed E-state index contributed by atoms with van der Waals surface area (Å²) in [4.78, 5) is 12.5. The molecule has 1 aliphatic rings. The summed E-state index contributed by atoms with van der Waals surface area (Å²) in [7, 11) is 0. The van der Waals surface area contributed by atoms with Gasteiger partial charge in [0.1, 0.15) is 18.1 Å². The first-order chi connectivity index (χ1) is 13.0. The molecule has 1 aliphatic heterocycles. The van der Waals surface area contributed by atoms with E-state index in [4.69, 9.17) is 32.7 Å². The number of ether oxygens (including phenoxy) is 2. The third kappa shape index (κ3) is 5.06. The maximum Gasteiger partial charge on any atom is 0.226 e. The van der Waals surface area contributed by atoms with Gasteiger partial charge in [0.05, 0.1) is 18.6 Å². The first-order valence-corrected chi connectivity index (χ1v) is 9.52. The van der Waals surface area contributed by atoms with Crippen LogP contribution in [-0.4, -0.2) is 30.8 Å². The van der Waals surface area contributed by atoms with Crippen molar-refractivity contribution in [3.05, 3.63) is 57.6 Å². The summed E-state index contributed by atoms with van der Waals surface area (Å²) in [5.74, 6) is 1.03. The Balaban J connectivity index is 1.59. The van der Waals surface area contributed by atoms with Gasteiger partial charge in [-0.2, -0.15) is 0 Å². The van der Waals surface area contributed by atoms with Gasteiger partial charge in [0.2, 0.25) is 5.91 Å². The van der Waals surface area contributed by atoms with Crippen molar-refractivity contribution in [1.29, 1.82) is 0 Å². The number of hydrogen-bond acceptors (Lipinski definition) is 4. The number of aliphatic hydroxyl groups is 1. The van der Waals surface area contributed by atoms with Gasteiger partial charge in [-0.25, -0.2) is 0 Å². The van der Waals surface area contributed by atoms with Crippen LogP contribution in [0, 0.1) is 5.92 Å². The minimum absolute atomic E-state index is 0.0673. The highest BCUT2D eigenvalue weighted by Gasteiger charge is 2.26. The molecule has 3 rings (SSSR count). The number of halogens is 2. The number of amides is 1. The molecular weight excluding hydrogens is 389 g/mol. The molecule has 0 radical (unpaired) electrons. The van der Waals surface area contributed by atoms with Crippen LogP contribution in [0.3, 0.4) is 0 Å². The number of carbonyl (C=O) groups is 1. The lowest BCUT2D eigenvalue weighted by molar-refractivity contribution is -0.126. The van der Waals surface area contributed by atoms with Crippen molar-refractivity contribution in [2.45, 2.75) is 19.4 Å². The van der Waals surface area contributed by atoms with Crippen molar-refractivity contribution < 1.29 is 19.4 Å². The smallest absolute Gasteiger partial charge is 0.226 e. The molecule has 0 fully saturated rings. The second-order valence-corrected chi connectivity index (χ2v) is 7.25. The van der Waals surface area contributed by atoms with E-state index in [0.29, 0.717) is 35.2 Å². The zero-order valence-corrected chi connectivity index (χ0v) is 16.4. The van der Waals surface area contributed by atoms with Gasteiger partial charge in [0.25, 0.3) is 0 Å². The van der Waals surface area contributed by atoms with Crippen molar-refractivity contribution in [3.8, 4) is 11.5 Å². The Hall–Kier alpha value is -1.95. The van der Waals surface area contributed by atoms with E-state index in [9.17, 15) is 9.90 Å². The molecule has 5 nitrogen and oxygen atoms in total. The Morgan fingerprint density at radius 3 is 2.74 bits per heavy atom. The fourth-order valence-electron chi connectivity index (χ4n) is 3.02.